The highest BCUT2D eigenvalue weighted by Crippen LogP contribution is 2.52. The quantitative estimate of drug-likeness (QED) is 0.535. The summed E-state index contributed by atoms with van der Waals surface area (Å²) < 4.78 is 18.1. The Morgan fingerprint density at radius 2 is 1.52 bits per heavy atom. The van der Waals surface area contributed by atoms with Gasteiger partial charge in [-0.15, -0.1) is 0 Å². The predicted molar refractivity (Wildman–Crippen MR) is 90.4 cm³/mol. The monoisotopic (exact) mass is 320 g/mol. The first kappa shape index (κ1) is 16.1. The minimum Gasteiger partial charge on any atom is -0.366 e. The molecular weight excluding hydrogens is 288 g/mol. The lowest BCUT2D eigenvalue weighted by atomic mass is 9.84. The second-order valence-corrected chi connectivity index (χ2v) is 9.21. The summed E-state index contributed by atoms with van der Waals surface area (Å²) in [5.41, 5.74) is 0.106. The molecule has 0 saturated carbocycles. The van der Waals surface area contributed by atoms with Crippen LogP contribution in [0.3, 0.4) is 0 Å². The van der Waals surface area contributed by atoms with Crippen LogP contribution in [0.5, 0.6) is 0 Å². The molecule has 3 aliphatic heterocycles. The Bertz CT molecular complexity index is 515. The van der Waals surface area contributed by atoms with E-state index in [0.29, 0.717) is 30.1 Å². The molecule has 1 aliphatic carbocycles. The Hall–Kier alpha value is -0.380. The van der Waals surface area contributed by atoms with Gasteiger partial charge < -0.3 is 14.2 Å². The van der Waals surface area contributed by atoms with Gasteiger partial charge in [0.1, 0.15) is 5.60 Å². The molecule has 7 atom stereocenters. The molecule has 0 aromatic heterocycles. The smallest absolute Gasteiger partial charge is 0.110 e. The van der Waals surface area contributed by atoms with Gasteiger partial charge in [0.25, 0.3) is 0 Å². The first-order valence-electron chi connectivity index (χ1n) is 9.47. The van der Waals surface area contributed by atoms with Crippen molar-refractivity contribution in [2.24, 2.45) is 11.8 Å². The van der Waals surface area contributed by atoms with Gasteiger partial charge >= 0.3 is 0 Å². The third kappa shape index (κ3) is 3.01. The average Bonchev–Trinajstić information content (AvgIpc) is 3.39. The Balaban J connectivity index is 1.49. The maximum atomic E-state index is 6.07. The molecule has 3 fully saturated rings. The number of epoxide rings is 3. The van der Waals surface area contributed by atoms with Crippen molar-refractivity contribution in [3.05, 3.63) is 12.2 Å². The molecule has 4 rings (SSSR count). The van der Waals surface area contributed by atoms with Crippen LogP contribution in [0.2, 0.25) is 0 Å². The van der Waals surface area contributed by atoms with Crippen LogP contribution >= 0.6 is 0 Å². The summed E-state index contributed by atoms with van der Waals surface area (Å²) in [4.78, 5) is 0. The summed E-state index contributed by atoms with van der Waals surface area (Å²) in [7, 11) is 0. The van der Waals surface area contributed by atoms with Crippen LogP contribution in [0.25, 0.3) is 0 Å². The van der Waals surface area contributed by atoms with Gasteiger partial charge in [-0.05, 0) is 58.3 Å². The van der Waals surface area contributed by atoms with Crippen LogP contribution in [-0.2, 0) is 14.2 Å². The molecule has 3 heteroatoms. The molecule has 0 bridgehead atoms. The molecule has 0 aromatic rings. The summed E-state index contributed by atoms with van der Waals surface area (Å²) in [6, 6.07) is 0. The molecule has 0 N–H and O–H groups in total. The molecule has 130 valence electrons. The van der Waals surface area contributed by atoms with Crippen molar-refractivity contribution < 1.29 is 14.2 Å². The normalized spacial score (nSPS) is 55.4. The van der Waals surface area contributed by atoms with Gasteiger partial charge in [-0.2, -0.15) is 0 Å². The van der Waals surface area contributed by atoms with Crippen LogP contribution in [0.1, 0.15) is 66.7 Å². The fraction of sp³-hybridized carbons (Fsp3) is 0.900. The fourth-order valence-electron chi connectivity index (χ4n) is 4.42. The van der Waals surface area contributed by atoms with Crippen LogP contribution in [0.15, 0.2) is 12.2 Å². The van der Waals surface area contributed by atoms with Gasteiger partial charge in [0.2, 0.25) is 0 Å². The SMILES string of the molecule is CC(C)C1C=CC2(C)OC2CC2OC2(C)CCC2OC2(C)CC1. The lowest BCUT2D eigenvalue weighted by molar-refractivity contribution is 0.261. The molecule has 0 radical (unpaired) electrons. The molecule has 23 heavy (non-hydrogen) atoms. The van der Waals surface area contributed by atoms with E-state index < -0.39 is 0 Å². The van der Waals surface area contributed by atoms with Crippen LogP contribution in [-0.4, -0.2) is 35.1 Å². The van der Waals surface area contributed by atoms with Gasteiger partial charge in [0.05, 0.1) is 29.5 Å². The Morgan fingerprint density at radius 3 is 2.26 bits per heavy atom. The first-order chi connectivity index (χ1) is 10.7. The van der Waals surface area contributed by atoms with E-state index in [1.165, 1.54) is 6.42 Å². The molecule has 0 spiro atoms. The fourth-order valence-corrected chi connectivity index (χ4v) is 4.42. The molecule has 0 aromatic carbocycles. The van der Waals surface area contributed by atoms with Gasteiger partial charge in [-0.3, -0.25) is 0 Å². The zero-order chi connectivity index (χ0) is 16.5. The Labute approximate surface area is 140 Å². The van der Waals surface area contributed by atoms with Gasteiger partial charge in [-0.1, -0.05) is 26.0 Å². The minimum absolute atomic E-state index is 0.0629. The van der Waals surface area contributed by atoms with E-state index in [-0.39, 0.29) is 16.8 Å². The van der Waals surface area contributed by atoms with Crippen molar-refractivity contribution in [3.63, 3.8) is 0 Å². The number of ether oxygens (including phenoxy) is 3. The van der Waals surface area contributed by atoms with Crippen molar-refractivity contribution in [1.29, 1.82) is 0 Å². The standard InChI is InChI=1S/C20H32O3/c1-13(2)14-6-9-18(3)15(21-18)8-11-20(5)17(23-20)12-16-19(4,22-16)10-7-14/h7,10,13-17H,6,8-9,11-12H2,1-5H3. The van der Waals surface area contributed by atoms with E-state index in [0.717, 1.165) is 25.7 Å². The molecule has 0 amide bonds. The van der Waals surface area contributed by atoms with Gasteiger partial charge in [0.15, 0.2) is 0 Å². The lowest BCUT2D eigenvalue weighted by Gasteiger charge is -2.19. The van der Waals surface area contributed by atoms with Gasteiger partial charge in [0, 0.05) is 6.42 Å². The molecule has 3 saturated heterocycles. The van der Waals surface area contributed by atoms with Crippen molar-refractivity contribution in [3.8, 4) is 0 Å². The van der Waals surface area contributed by atoms with E-state index in [9.17, 15) is 0 Å². The maximum absolute atomic E-state index is 6.07. The molecular formula is C20H32O3. The van der Waals surface area contributed by atoms with E-state index in [1.54, 1.807) is 0 Å². The molecule has 7 unspecified atom stereocenters. The summed E-state index contributed by atoms with van der Waals surface area (Å²) in [5.74, 6) is 1.28. The van der Waals surface area contributed by atoms with Crippen molar-refractivity contribution in [2.45, 2.75) is 102 Å². The van der Waals surface area contributed by atoms with Crippen molar-refractivity contribution in [1.82, 2.24) is 0 Å². The topological polar surface area (TPSA) is 37.6 Å². The highest BCUT2D eigenvalue weighted by atomic mass is 16.6. The van der Waals surface area contributed by atoms with E-state index in [2.05, 4.69) is 46.8 Å². The summed E-state index contributed by atoms with van der Waals surface area (Å²) in [5, 5.41) is 0. The highest BCUT2D eigenvalue weighted by molar-refractivity contribution is 5.18. The second-order valence-electron chi connectivity index (χ2n) is 9.21. The number of rotatable bonds is 1. The largest absolute Gasteiger partial charge is 0.366 e. The maximum Gasteiger partial charge on any atom is 0.110 e. The predicted octanol–water partition coefficient (Wildman–Crippen LogP) is 4.25. The number of fused-ring (bicyclic) bond motifs is 3. The number of hydrogen-bond donors (Lipinski definition) is 0. The lowest BCUT2D eigenvalue weighted by Crippen LogP contribution is -2.19. The Kier molecular flexibility index (Phi) is 3.54. The average molecular weight is 320 g/mol. The van der Waals surface area contributed by atoms with E-state index >= 15 is 0 Å². The minimum atomic E-state index is -0.0629. The van der Waals surface area contributed by atoms with Crippen LogP contribution < -0.4 is 0 Å². The number of allylic oxidation sites excluding steroid dienone is 1. The highest BCUT2D eigenvalue weighted by Gasteiger charge is 2.61. The third-order valence-electron chi connectivity index (χ3n) is 6.88. The van der Waals surface area contributed by atoms with E-state index in [4.69, 9.17) is 14.2 Å². The molecule has 3 nitrogen and oxygen atoms in total. The summed E-state index contributed by atoms with van der Waals surface area (Å²) in [6.07, 6.45) is 11.5. The van der Waals surface area contributed by atoms with Crippen molar-refractivity contribution >= 4 is 0 Å². The van der Waals surface area contributed by atoms with Gasteiger partial charge in [-0.25, -0.2) is 0 Å². The molecule has 3 heterocycles. The zero-order valence-corrected chi connectivity index (χ0v) is 15.3. The number of hydrogen-bond acceptors (Lipinski definition) is 3. The first-order valence-corrected chi connectivity index (χ1v) is 9.47. The van der Waals surface area contributed by atoms with Crippen LogP contribution in [0, 0.1) is 11.8 Å². The Morgan fingerprint density at radius 1 is 0.870 bits per heavy atom. The van der Waals surface area contributed by atoms with Crippen LogP contribution in [0.4, 0.5) is 0 Å². The second kappa shape index (κ2) is 5.06. The third-order valence-corrected chi connectivity index (χ3v) is 6.88. The molecule has 4 aliphatic rings. The summed E-state index contributed by atoms with van der Waals surface area (Å²) in [6.45, 7) is 11.4. The zero-order valence-electron chi connectivity index (χ0n) is 15.3. The van der Waals surface area contributed by atoms with Crippen molar-refractivity contribution in [2.75, 3.05) is 0 Å². The van der Waals surface area contributed by atoms with E-state index in [1.807, 2.05) is 0 Å². The summed E-state index contributed by atoms with van der Waals surface area (Å²) >= 11 is 0.